The predicted molar refractivity (Wildman–Crippen MR) is 32.5 cm³/mol. The Bertz CT molecular complexity index is 94.6. The van der Waals surface area contributed by atoms with Crippen LogP contribution < -0.4 is 0 Å². The van der Waals surface area contributed by atoms with E-state index >= 15 is 0 Å². The minimum absolute atomic E-state index is 0.382. The van der Waals surface area contributed by atoms with E-state index in [4.69, 9.17) is 5.11 Å². The molecule has 1 heterocycles. The Morgan fingerprint density at radius 2 is 1.86 bits per heavy atom. The highest BCUT2D eigenvalue weighted by Crippen LogP contribution is 1.95. The fourth-order valence-electron chi connectivity index (χ4n) is 0.600. The number of rotatable bonds is 1. The van der Waals surface area contributed by atoms with E-state index < -0.39 is 8.80 Å². The van der Waals surface area contributed by atoms with Gasteiger partial charge in [0.05, 0.1) is 0 Å². The normalized spacial score (nSPS) is 19.0. The third kappa shape index (κ3) is 1.01. The van der Waals surface area contributed by atoms with Crippen LogP contribution in [0.3, 0.4) is 0 Å². The number of hydrogen-bond acceptors (Lipinski definition) is 1. The zero-order valence-electron chi connectivity index (χ0n) is 4.04. The predicted octanol–water partition coefficient (Wildman–Crippen LogP) is -0.0506. The molecule has 0 fully saturated rings. The lowest BCUT2D eigenvalue weighted by molar-refractivity contribution is 0.365. The third-order valence-corrected chi connectivity index (χ3v) is 2.89. The van der Waals surface area contributed by atoms with Crippen LogP contribution in [-0.4, -0.2) is 20.1 Å². The lowest BCUT2D eigenvalue weighted by atomic mass is 10.6. The van der Waals surface area contributed by atoms with E-state index in [0.29, 0.717) is 6.23 Å². The van der Waals surface area contributed by atoms with Crippen LogP contribution in [0.25, 0.3) is 0 Å². The molecule has 0 amide bonds. The van der Waals surface area contributed by atoms with Crippen molar-refractivity contribution in [3.63, 3.8) is 0 Å². The highest BCUT2D eigenvalue weighted by Gasteiger charge is 2.00. The first-order valence-corrected chi connectivity index (χ1v) is 4.54. The summed E-state index contributed by atoms with van der Waals surface area (Å²) in [7, 11) is -0.866. The maximum atomic E-state index is 8.53. The zero-order chi connectivity index (χ0) is 5.11. The van der Waals surface area contributed by atoms with Gasteiger partial charge in [0.25, 0.3) is 0 Å². The Kier molecular flexibility index (Phi) is 1.44. The number of aliphatic hydroxyl groups is 1. The van der Waals surface area contributed by atoms with Crippen molar-refractivity contribution >= 4 is 8.80 Å². The van der Waals surface area contributed by atoms with Gasteiger partial charge in [0.15, 0.2) is 0 Å². The molecule has 0 spiro atoms. The second kappa shape index (κ2) is 2.09. The van der Waals surface area contributed by atoms with Crippen molar-refractivity contribution in [3.8, 4) is 0 Å². The van der Waals surface area contributed by atoms with Crippen LogP contribution in [0.5, 0.6) is 0 Å². The van der Waals surface area contributed by atoms with Gasteiger partial charge in [-0.25, -0.2) is 0 Å². The molecule has 0 radical (unpaired) electrons. The van der Waals surface area contributed by atoms with Crippen LogP contribution in [0.1, 0.15) is 0 Å². The molecule has 1 aliphatic rings. The van der Waals surface area contributed by atoms with Crippen molar-refractivity contribution in [3.05, 3.63) is 23.6 Å². The molecule has 1 nitrogen and oxygen atoms in total. The maximum Gasteiger partial charge on any atom is 0.114 e. The van der Waals surface area contributed by atoms with Crippen LogP contribution in [0.2, 0.25) is 0 Å². The minimum atomic E-state index is -0.866. The summed E-state index contributed by atoms with van der Waals surface area (Å²) in [6, 6.07) is 0. The van der Waals surface area contributed by atoms with Gasteiger partial charge >= 0.3 is 0 Å². The highest BCUT2D eigenvalue weighted by molar-refractivity contribution is 6.70. The molecule has 0 atom stereocenters. The average Bonchev–Trinajstić information content (AvgIpc) is 2.14. The Morgan fingerprint density at radius 1 is 1.29 bits per heavy atom. The van der Waals surface area contributed by atoms with Crippen molar-refractivity contribution in [2.75, 3.05) is 6.23 Å². The molecule has 0 aromatic carbocycles. The number of allylic oxidation sites excluding steroid dienone is 2. The van der Waals surface area contributed by atoms with E-state index in [-0.39, 0.29) is 0 Å². The van der Waals surface area contributed by atoms with Crippen LogP contribution >= 0.6 is 0 Å². The van der Waals surface area contributed by atoms with Crippen molar-refractivity contribution in [2.24, 2.45) is 0 Å². The van der Waals surface area contributed by atoms with Gasteiger partial charge < -0.3 is 5.11 Å². The molecule has 0 unspecified atom stereocenters. The van der Waals surface area contributed by atoms with Gasteiger partial charge in [-0.05, 0) is 0 Å². The summed E-state index contributed by atoms with van der Waals surface area (Å²) >= 11 is 0. The van der Waals surface area contributed by atoms with Gasteiger partial charge in [-0.15, -0.1) is 0 Å². The van der Waals surface area contributed by atoms with Crippen LogP contribution in [0.15, 0.2) is 23.6 Å². The Hall–Kier alpha value is -0.343. The second-order valence-electron chi connectivity index (χ2n) is 1.62. The first kappa shape index (κ1) is 4.81. The van der Waals surface area contributed by atoms with Crippen molar-refractivity contribution in [1.82, 2.24) is 0 Å². The molecule has 0 bridgehead atoms. The number of hydrogen-bond donors (Lipinski definition) is 1. The fourth-order valence-corrected chi connectivity index (χ4v) is 1.80. The van der Waals surface area contributed by atoms with E-state index in [1.165, 1.54) is 0 Å². The summed E-state index contributed by atoms with van der Waals surface area (Å²) in [5, 5.41) is 8.53. The maximum absolute atomic E-state index is 8.53. The molecule has 1 rings (SSSR count). The van der Waals surface area contributed by atoms with Gasteiger partial charge in [-0.1, -0.05) is 23.6 Å². The molecule has 1 N–H and O–H groups in total. The minimum Gasteiger partial charge on any atom is -0.399 e. The summed E-state index contributed by atoms with van der Waals surface area (Å²) in [5.41, 5.74) is 4.22. The van der Waals surface area contributed by atoms with E-state index in [1.54, 1.807) is 0 Å². The van der Waals surface area contributed by atoms with E-state index in [9.17, 15) is 0 Å². The quantitative estimate of drug-likeness (QED) is 0.471. The Morgan fingerprint density at radius 3 is 2.14 bits per heavy atom. The van der Waals surface area contributed by atoms with Crippen LogP contribution in [0, 0.1) is 0 Å². The van der Waals surface area contributed by atoms with E-state index in [1.807, 2.05) is 12.2 Å². The summed E-state index contributed by atoms with van der Waals surface area (Å²) in [6.07, 6.45) is 4.40. The largest absolute Gasteiger partial charge is 0.399 e. The van der Waals surface area contributed by atoms with Crippen molar-refractivity contribution < 1.29 is 5.11 Å². The fraction of sp³-hybridized carbons (Fsp3) is 0.200. The molecule has 38 valence electrons. The van der Waals surface area contributed by atoms with Crippen molar-refractivity contribution in [2.45, 2.75) is 0 Å². The second-order valence-corrected chi connectivity index (χ2v) is 4.08. The summed E-state index contributed by atoms with van der Waals surface area (Å²) in [6.45, 7) is 0. The molecular formula is C5H8OSi. The van der Waals surface area contributed by atoms with Gasteiger partial charge in [0, 0.05) is 6.23 Å². The Balaban J connectivity index is 2.44. The molecule has 0 aromatic rings. The van der Waals surface area contributed by atoms with Gasteiger partial charge in [-0.3, -0.25) is 0 Å². The molecule has 7 heavy (non-hydrogen) atoms. The molecule has 0 aliphatic carbocycles. The van der Waals surface area contributed by atoms with Gasteiger partial charge in [0.2, 0.25) is 0 Å². The molecule has 0 aromatic heterocycles. The monoisotopic (exact) mass is 112 g/mol. The first-order valence-electron chi connectivity index (χ1n) is 2.39. The van der Waals surface area contributed by atoms with Crippen LogP contribution in [-0.2, 0) is 0 Å². The van der Waals surface area contributed by atoms with E-state index in [0.717, 1.165) is 0 Å². The number of aliphatic hydroxyl groups excluding tert-OH is 1. The van der Waals surface area contributed by atoms with E-state index in [2.05, 4.69) is 11.4 Å². The molecular weight excluding hydrogens is 104 g/mol. The smallest absolute Gasteiger partial charge is 0.114 e. The van der Waals surface area contributed by atoms with Crippen molar-refractivity contribution in [1.29, 1.82) is 0 Å². The highest BCUT2D eigenvalue weighted by atomic mass is 28.3. The molecule has 0 saturated carbocycles. The summed E-state index contributed by atoms with van der Waals surface area (Å²) in [5.74, 6) is 0. The Labute approximate surface area is 44.6 Å². The zero-order valence-corrected chi connectivity index (χ0v) is 5.20. The lowest BCUT2D eigenvalue weighted by Crippen LogP contribution is -2.09. The lowest BCUT2D eigenvalue weighted by Gasteiger charge is -1.90. The third-order valence-electron chi connectivity index (χ3n) is 1.04. The van der Waals surface area contributed by atoms with Gasteiger partial charge in [-0.2, -0.15) is 0 Å². The SMILES string of the molecule is OC[SiH]1C=CC=C1. The molecule has 2 heteroatoms. The average molecular weight is 112 g/mol. The van der Waals surface area contributed by atoms with Gasteiger partial charge in [0.1, 0.15) is 8.80 Å². The first-order chi connectivity index (χ1) is 3.43. The van der Waals surface area contributed by atoms with Crippen LogP contribution in [0.4, 0.5) is 0 Å². The topological polar surface area (TPSA) is 20.2 Å². The summed E-state index contributed by atoms with van der Waals surface area (Å²) in [4.78, 5) is 0. The standard InChI is InChI=1S/C5H8OSi/c6-5-7-3-1-2-4-7/h1-4,6-7H,5H2. The molecule has 0 saturated heterocycles. The summed E-state index contributed by atoms with van der Waals surface area (Å²) < 4.78 is 0. The molecule has 1 aliphatic heterocycles.